The SMILES string of the molecule is C=C/C=C\C=C1\c2cc(C3=C/N(c4ccc(C)c(C=C)c4)c4sc(/C=C\C)c(C=C)c4/C=C\C(=C)\C(C)=C\3)ccc2N1c1ccccc1.CC.CC. The Morgan fingerprint density at radius 2 is 1.54 bits per heavy atom. The van der Waals surface area contributed by atoms with Crippen LogP contribution in [0.1, 0.15) is 79.8 Å². The lowest BCUT2D eigenvalue weighted by molar-refractivity contribution is 1.20. The predicted molar refractivity (Wildman–Crippen MR) is 237 cm³/mol. The van der Waals surface area contributed by atoms with Crippen LogP contribution in [0.3, 0.4) is 0 Å². The second-order valence-electron chi connectivity index (χ2n) is 11.8. The van der Waals surface area contributed by atoms with E-state index in [0.717, 1.165) is 65.9 Å². The number of para-hydroxylation sites is 1. The van der Waals surface area contributed by atoms with Crippen LogP contribution < -0.4 is 9.80 Å². The number of fused-ring (bicyclic) bond motifs is 2. The molecule has 0 atom stereocenters. The number of hydrogen-bond acceptors (Lipinski definition) is 3. The van der Waals surface area contributed by atoms with E-state index < -0.39 is 0 Å². The Labute approximate surface area is 317 Å². The molecule has 2 nitrogen and oxygen atoms in total. The minimum Gasteiger partial charge on any atom is -0.309 e. The maximum atomic E-state index is 4.44. The van der Waals surface area contributed by atoms with Gasteiger partial charge in [-0.3, -0.25) is 0 Å². The van der Waals surface area contributed by atoms with E-state index in [4.69, 9.17) is 0 Å². The molecule has 3 aromatic carbocycles. The van der Waals surface area contributed by atoms with E-state index in [9.17, 15) is 0 Å². The zero-order valence-corrected chi connectivity index (χ0v) is 32.7. The van der Waals surface area contributed by atoms with E-state index >= 15 is 0 Å². The van der Waals surface area contributed by atoms with Crippen LogP contribution in [0.25, 0.3) is 35.6 Å². The second kappa shape index (κ2) is 18.6. The summed E-state index contributed by atoms with van der Waals surface area (Å²) < 4.78 is 0. The maximum absolute atomic E-state index is 4.44. The van der Waals surface area contributed by atoms with Gasteiger partial charge in [0.25, 0.3) is 0 Å². The second-order valence-corrected chi connectivity index (χ2v) is 12.8. The Hall–Kier alpha value is -5.64. The number of benzene rings is 3. The smallest absolute Gasteiger partial charge is 0.108 e. The molecule has 0 amide bonds. The fourth-order valence-corrected chi connectivity index (χ4v) is 7.33. The van der Waals surface area contributed by atoms with Crippen LogP contribution in [0, 0.1) is 6.92 Å². The third-order valence-corrected chi connectivity index (χ3v) is 9.88. The summed E-state index contributed by atoms with van der Waals surface area (Å²) in [5, 5.41) is 1.11. The van der Waals surface area contributed by atoms with Gasteiger partial charge < -0.3 is 9.80 Å². The van der Waals surface area contributed by atoms with Gasteiger partial charge in [-0.15, -0.1) is 11.3 Å². The monoisotopic (exact) mass is 700 g/mol. The standard InChI is InChI=1S/C45H40N2S.2C2H6/c1-8-12-14-20-42-41-29-35(23-26-43(41)47(42)37-18-15-13-16-19-37)36-27-33(7)31(5)22-25-40-39(11-4)44(17-9-2)48-45(40)46(30-36)38-24-21-32(6)34(10-3)28-38;2*1-2/h8-30H,1,3-5H2,2,6-7H3;2*1-2H3/b14-12-,17-9-,25-22-,33-27+,36-30+,42-20-;;. The van der Waals surface area contributed by atoms with Gasteiger partial charge in [0.05, 0.1) is 11.4 Å². The third kappa shape index (κ3) is 8.12. The molecule has 0 saturated carbocycles. The Morgan fingerprint density at radius 3 is 2.21 bits per heavy atom. The van der Waals surface area contributed by atoms with Crippen molar-refractivity contribution in [2.45, 2.75) is 48.5 Å². The molecule has 6 rings (SSSR count). The fourth-order valence-electron chi connectivity index (χ4n) is 6.07. The largest absolute Gasteiger partial charge is 0.309 e. The average Bonchev–Trinajstić information content (AvgIpc) is 3.52. The average molecular weight is 701 g/mol. The van der Waals surface area contributed by atoms with Gasteiger partial charge in [0.2, 0.25) is 0 Å². The summed E-state index contributed by atoms with van der Waals surface area (Å²) in [6.45, 7) is 30.9. The zero-order chi connectivity index (χ0) is 37.8. The van der Waals surface area contributed by atoms with Crippen molar-refractivity contribution in [2.75, 3.05) is 9.80 Å². The molecule has 1 aromatic heterocycles. The summed E-state index contributed by atoms with van der Waals surface area (Å²) in [5.74, 6) is 0. The first kappa shape index (κ1) is 39.2. The molecule has 0 fully saturated rings. The molecular formula is C49H52N2S. The number of rotatable bonds is 8. The molecule has 264 valence electrons. The van der Waals surface area contributed by atoms with E-state index in [0.29, 0.717) is 0 Å². The lowest BCUT2D eigenvalue weighted by atomic mass is 9.91. The number of allylic oxidation sites excluding steroid dienone is 10. The van der Waals surface area contributed by atoms with Crippen LogP contribution in [0.2, 0.25) is 0 Å². The van der Waals surface area contributed by atoms with Crippen molar-refractivity contribution in [3.63, 3.8) is 0 Å². The molecule has 0 aliphatic carbocycles. The Kier molecular flexibility index (Phi) is 14.0. The number of nitrogens with zero attached hydrogens (tertiary/aromatic N) is 2. The van der Waals surface area contributed by atoms with E-state index in [-0.39, 0.29) is 0 Å². The highest BCUT2D eigenvalue weighted by Crippen LogP contribution is 2.49. The Bertz CT molecular complexity index is 2120. The first-order chi connectivity index (χ1) is 25.4. The number of anilines is 4. The van der Waals surface area contributed by atoms with Crippen molar-refractivity contribution >= 4 is 69.0 Å². The summed E-state index contributed by atoms with van der Waals surface area (Å²) in [6, 6.07) is 23.8. The van der Waals surface area contributed by atoms with Gasteiger partial charge in [-0.05, 0) is 109 Å². The van der Waals surface area contributed by atoms with Gasteiger partial charge in [0.1, 0.15) is 5.00 Å². The topological polar surface area (TPSA) is 6.48 Å². The molecule has 0 N–H and O–H groups in total. The maximum Gasteiger partial charge on any atom is 0.108 e. The van der Waals surface area contributed by atoms with Crippen molar-refractivity contribution in [3.8, 4) is 0 Å². The van der Waals surface area contributed by atoms with Crippen LogP contribution >= 0.6 is 11.3 Å². The van der Waals surface area contributed by atoms with Crippen LogP contribution in [0.5, 0.6) is 0 Å². The molecule has 4 aromatic rings. The normalized spacial score (nSPS) is 16.9. The molecule has 2 aliphatic rings. The molecule has 0 radical (unpaired) electrons. The lowest BCUT2D eigenvalue weighted by Crippen LogP contribution is -2.26. The summed E-state index contributed by atoms with van der Waals surface area (Å²) in [7, 11) is 0. The van der Waals surface area contributed by atoms with Gasteiger partial charge >= 0.3 is 0 Å². The van der Waals surface area contributed by atoms with Crippen LogP contribution in [0.4, 0.5) is 22.1 Å². The quantitative estimate of drug-likeness (QED) is 0.169. The van der Waals surface area contributed by atoms with Crippen molar-refractivity contribution in [1.29, 1.82) is 0 Å². The van der Waals surface area contributed by atoms with Gasteiger partial charge in [-0.2, -0.15) is 0 Å². The minimum absolute atomic E-state index is 0.965. The van der Waals surface area contributed by atoms with E-state index in [2.05, 4.69) is 160 Å². The molecule has 2 aliphatic heterocycles. The highest BCUT2D eigenvalue weighted by molar-refractivity contribution is 7.17. The van der Waals surface area contributed by atoms with Gasteiger partial charge in [-0.25, -0.2) is 0 Å². The molecule has 0 saturated heterocycles. The summed E-state index contributed by atoms with van der Waals surface area (Å²) in [6.07, 6.45) is 24.9. The molecule has 3 heterocycles. The van der Waals surface area contributed by atoms with Crippen molar-refractivity contribution in [1.82, 2.24) is 0 Å². The van der Waals surface area contributed by atoms with E-state index in [1.807, 2.05) is 58.1 Å². The molecule has 0 spiro atoms. The molecule has 0 unspecified atom stereocenters. The summed E-state index contributed by atoms with van der Waals surface area (Å²) in [4.78, 5) is 5.79. The van der Waals surface area contributed by atoms with Crippen molar-refractivity contribution in [3.05, 3.63) is 191 Å². The minimum atomic E-state index is 0.965. The highest BCUT2D eigenvalue weighted by atomic mass is 32.1. The summed E-state index contributed by atoms with van der Waals surface area (Å²) in [5.41, 5.74) is 14.5. The van der Waals surface area contributed by atoms with E-state index in [1.165, 1.54) is 16.8 Å². The first-order valence-corrected chi connectivity index (χ1v) is 18.9. The summed E-state index contributed by atoms with van der Waals surface area (Å²) >= 11 is 1.76. The Balaban J connectivity index is 0.00000146. The fraction of sp³-hybridized carbons (Fsp3) is 0.143. The van der Waals surface area contributed by atoms with E-state index in [1.54, 1.807) is 17.4 Å². The third-order valence-electron chi connectivity index (χ3n) is 8.70. The van der Waals surface area contributed by atoms with Gasteiger partial charge in [-0.1, -0.05) is 133 Å². The van der Waals surface area contributed by atoms with Crippen molar-refractivity contribution < 1.29 is 0 Å². The lowest BCUT2D eigenvalue weighted by Gasteiger charge is -2.39. The predicted octanol–water partition coefficient (Wildman–Crippen LogP) is 15.4. The number of hydrogen-bond donors (Lipinski definition) is 0. The van der Waals surface area contributed by atoms with Gasteiger partial charge in [0.15, 0.2) is 0 Å². The number of aryl methyl sites for hydroxylation is 1. The Morgan fingerprint density at radius 1 is 0.788 bits per heavy atom. The van der Waals surface area contributed by atoms with Crippen molar-refractivity contribution in [2.24, 2.45) is 0 Å². The van der Waals surface area contributed by atoms with Crippen LogP contribution in [0.15, 0.2) is 153 Å². The number of thiophene rings is 1. The molecule has 0 bridgehead atoms. The first-order valence-electron chi connectivity index (χ1n) is 18.1. The molecular weight excluding hydrogens is 649 g/mol. The zero-order valence-electron chi connectivity index (χ0n) is 31.9. The molecule has 3 heteroatoms. The van der Waals surface area contributed by atoms with Gasteiger partial charge in [0, 0.05) is 39.1 Å². The molecule has 52 heavy (non-hydrogen) atoms. The van der Waals surface area contributed by atoms with Crippen LogP contribution in [-0.2, 0) is 0 Å². The highest BCUT2D eigenvalue weighted by Gasteiger charge is 2.30. The van der Waals surface area contributed by atoms with Crippen LogP contribution in [-0.4, -0.2) is 0 Å².